The van der Waals surface area contributed by atoms with Crippen LogP contribution in [0.1, 0.15) is 32.1 Å². The predicted octanol–water partition coefficient (Wildman–Crippen LogP) is 2.67. The molecule has 0 aromatic heterocycles. The van der Waals surface area contributed by atoms with Crippen molar-refractivity contribution < 1.29 is 9.47 Å². The van der Waals surface area contributed by atoms with Crippen molar-refractivity contribution >= 4 is 15.9 Å². The molecule has 1 fully saturated rings. The lowest BCUT2D eigenvalue weighted by molar-refractivity contribution is -0.162. The summed E-state index contributed by atoms with van der Waals surface area (Å²) in [6, 6.07) is 0. The highest BCUT2D eigenvalue weighted by Gasteiger charge is 2.12. The molecule has 1 saturated heterocycles. The molecule has 0 saturated carbocycles. The third-order valence-corrected chi connectivity index (χ3v) is 2.23. The van der Waals surface area contributed by atoms with Crippen LogP contribution in [0.3, 0.4) is 0 Å². The van der Waals surface area contributed by atoms with Gasteiger partial charge in [0.25, 0.3) is 0 Å². The van der Waals surface area contributed by atoms with E-state index in [9.17, 15) is 0 Å². The molecule has 1 unspecified atom stereocenters. The molecule has 1 rings (SSSR count). The molecule has 0 amide bonds. The van der Waals surface area contributed by atoms with E-state index in [-0.39, 0.29) is 6.29 Å². The van der Waals surface area contributed by atoms with Crippen molar-refractivity contribution in [2.45, 2.75) is 38.4 Å². The van der Waals surface area contributed by atoms with Crippen molar-refractivity contribution in [1.82, 2.24) is 0 Å². The summed E-state index contributed by atoms with van der Waals surface area (Å²) in [4.78, 5) is 2.68. The first-order chi connectivity index (χ1) is 6.43. The first-order valence-electron chi connectivity index (χ1n) is 4.75. The second-order valence-corrected chi connectivity index (χ2v) is 3.44. The van der Waals surface area contributed by atoms with Crippen molar-refractivity contribution in [2.75, 3.05) is 13.2 Å². The van der Waals surface area contributed by atoms with Gasteiger partial charge in [0.05, 0.1) is 6.61 Å². The summed E-state index contributed by atoms with van der Waals surface area (Å²) < 4.78 is 10.9. The Morgan fingerprint density at radius 2 is 2.38 bits per heavy atom. The van der Waals surface area contributed by atoms with Crippen LogP contribution in [0.15, 0.2) is 0 Å². The van der Waals surface area contributed by atoms with E-state index in [1.807, 2.05) is 0 Å². The highest BCUT2D eigenvalue weighted by molar-refractivity contribution is 9.12. The minimum Gasteiger partial charge on any atom is -0.353 e. The van der Waals surface area contributed by atoms with Crippen LogP contribution < -0.4 is 0 Å². The Balaban J connectivity index is 1.94. The largest absolute Gasteiger partial charge is 0.353 e. The molecule has 0 aromatic carbocycles. The van der Waals surface area contributed by atoms with E-state index in [2.05, 4.69) is 26.7 Å². The molecular formula is C10H15BrO2. The average molecular weight is 247 g/mol. The fourth-order valence-electron chi connectivity index (χ4n) is 1.27. The summed E-state index contributed by atoms with van der Waals surface area (Å²) in [6.07, 6.45) is 5.37. The van der Waals surface area contributed by atoms with Gasteiger partial charge >= 0.3 is 0 Å². The Labute approximate surface area is 88.1 Å². The van der Waals surface area contributed by atoms with Crippen LogP contribution in [0.4, 0.5) is 0 Å². The van der Waals surface area contributed by atoms with Crippen molar-refractivity contribution in [1.29, 1.82) is 0 Å². The molecule has 0 spiro atoms. The van der Waals surface area contributed by atoms with Gasteiger partial charge in [0, 0.05) is 29.0 Å². The predicted molar refractivity (Wildman–Crippen MR) is 55.5 cm³/mol. The Bertz CT molecular complexity index is 177. The quantitative estimate of drug-likeness (QED) is 0.561. The van der Waals surface area contributed by atoms with E-state index in [1.165, 1.54) is 12.8 Å². The summed E-state index contributed by atoms with van der Waals surface area (Å²) in [6.45, 7) is 1.61. The Morgan fingerprint density at radius 3 is 3.08 bits per heavy atom. The maximum Gasteiger partial charge on any atom is 0.157 e. The van der Waals surface area contributed by atoms with Gasteiger partial charge in [0.2, 0.25) is 0 Å². The topological polar surface area (TPSA) is 18.5 Å². The lowest BCUT2D eigenvalue weighted by atomic mass is 10.2. The maximum atomic E-state index is 5.52. The molecular weight excluding hydrogens is 232 g/mol. The minimum absolute atomic E-state index is 0.0469. The average Bonchev–Trinajstić information content (AvgIpc) is 2.19. The maximum absolute atomic E-state index is 5.52. The number of rotatable bonds is 4. The zero-order chi connectivity index (χ0) is 9.36. The molecule has 0 aromatic rings. The van der Waals surface area contributed by atoms with Crippen molar-refractivity contribution in [3.05, 3.63) is 0 Å². The van der Waals surface area contributed by atoms with Gasteiger partial charge in [-0.3, -0.25) is 0 Å². The number of hydrogen-bond acceptors (Lipinski definition) is 2. The Kier molecular flexibility index (Phi) is 6.26. The van der Waals surface area contributed by atoms with Gasteiger partial charge in [0.15, 0.2) is 6.29 Å². The molecule has 0 N–H and O–H groups in total. The standard InChI is InChI=1S/C10H15BrO2/c11-7-3-1-4-8-12-10-6-2-5-9-13-10/h10H,1-2,4-6,8-9H2. The number of halogens is 1. The molecule has 74 valence electrons. The zero-order valence-electron chi connectivity index (χ0n) is 7.72. The van der Waals surface area contributed by atoms with E-state index in [0.29, 0.717) is 0 Å². The summed E-state index contributed by atoms with van der Waals surface area (Å²) in [5.74, 6) is 2.93. The highest BCUT2D eigenvalue weighted by atomic mass is 79.9. The van der Waals surface area contributed by atoms with Crippen LogP contribution in [0.25, 0.3) is 0 Å². The van der Waals surface area contributed by atoms with Crippen LogP contribution in [-0.2, 0) is 9.47 Å². The molecule has 1 heterocycles. The van der Waals surface area contributed by atoms with Gasteiger partial charge in [0.1, 0.15) is 0 Å². The number of ether oxygens (including phenoxy) is 2. The molecule has 2 nitrogen and oxygen atoms in total. The summed E-state index contributed by atoms with van der Waals surface area (Å²) in [5.41, 5.74) is 0. The Morgan fingerprint density at radius 1 is 1.46 bits per heavy atom. The van der Waals surface area contributed by atoms with Crippen molar-refractivity contribution in [2.24, 2.45) is 0 Å². The first kappa shape index (κ1) is 11.0. The third-order valence-electron chi connectivity index (χ3n) is 1.95. The number of unbranched alkanes of at least 4 members (excludes halogenated alkanes) is 1. The van der Waals surface area contributed by atoms with E-state index in [4.69, 9.17) is 9.47 Å². The van der Waals surface area contributed by atoms with Gasteiger partial charge in [-0.1, -0.05) is 5.92 Å². The van der Waals surface area contributed by atoms with Crippen LogP contribution >= 0.6 is 15.9 Å². The summed E-state index contributed by atoms with van der Waals surface area (Å²) in [5, 5.41) is 0. The van der Waals surface area contributed by atoms with Crippen LogP contribution in [0.2, 0.25) is 0 Å². The van der Waals surface area contributed by atoms with E-state index in [1.54, 1.807) is 0 Å². The first-order valence-corrected chi connectivity index (χ1v) is 5.54. The molecule has 1 aliphatic heterocycles. The lowest BCUT2D eigenvalue weighted by Crippen LogP contribution is -2.22. The van der Waals surface area contributed by atoms with Gasteiger partial charge < -0.3 is 9.47 Å². The fraction of sp³-hybridized carbons (Fsp3) is 0.800. The fourth-order valence-corrected chi connectivity index (χ4v) is 1.46. The van der Waals surface area contributed by atoms with Gasteiger partial charge in [-0.25, -0.2) is 0 Å². The van der Waals surface area contributed by atoms with Crippen molar-refractivity contribution in [3.63, 3.8) is 0 Å². The van der Waals surface area contributed by atoms with E-state index < -0.39 is 0 Å². The van der Waals surface area contributed by atoms with Gasteiger partial charge in [-0.05, 0) is 30.5 Å². The van der Waals surface area contributed by atoms with Gasteiger partial charge in [-0.2, -0.15) is 0 Å². The van der Waals surface area contributed by atoms with E-state index in [0.717, 1.165) is 32.5 Å². The van der Waals surface area contributed by atoms with Crippen LogP contribution in [0, 0.1) is 10.8 Å². The normalized spacial score (nSPS) is 22.1. The highest BCUT2D eigenvalue weighted by Crippen LogP contribution is 2.13. The molecule has 1 atom stereocenters. The van der Waals surface area contributed by atoms with Gasteiger partial charge in [-0.15, -0.1) is 0 Å². The summed E-state index contributed by atoms with van der Waals surface area (Å²) >= 11 is 3.05. The molecule has 0 bridgehead atoms. The molecule has 0 aliphatic carbocycles. The molecule has 0 radical (unpaired) electrons. The second kappa shape index (κ2) is 7.37. The zero-order valence-corrected chi connectivity index (χ0v) is 9.31. The SMILES string of the molecule is BrC#CCCCOC1CCCCO1. The van der Waals surface area contributed by atoms with Crippen molar-refractivity contribution in [3.8, 4) is 10.8 Å². The molecule has 13 heavy (non-hydrogen) atoms. The lowest BCUT2D eigenvalue weighted by Gasteiger charge is -2.22. The Hall–Kier alpha value is -0.0400. The second-order valence-electron chi connectivity index (χ2n) is 3.04. The van der Waals surface area contributed by atoms with Crippen LogP contribution in [-0.4, -0.2) is 19.5 Å². The molecule has 1 aliphatic rings. The smallest absolute Gasteiger partial charge is 0.157 e. The third kappa shape index (κ3) is 5.30. The number of hydrogen-bond donors (Lipinski definition) is 0. The van der Waals surface area contributed by atoms with E-state index >= 15 is 0 Å². The molecule has 3 heteroatoms. The summed E-state index contributed by atoms with van der Waals surface area (Å²) in [7, 11) is 0. The minimum atomic E-state index is 0.0469. The van der Waals surface area contributed by atoms with Crippen LogP contribution in [0.5, 0.6) is 0 Å². The monoisotopic (exact) mass is 246 g/mol.